The Hall–Kier alpha value is -0.350. The number of unbranched alkanes of at least 4 members (excludes halogenated alkanes) is 2. The van der Waals surface area contributed by atoms with Gasteiger partial charge in [0, 0.05) is 13.1 Å². The van der Waals surface area contributed by atoms with Crippen LogP contribution in [0.4, 0.5) is 0 Å². The number of rotatable bonds is 8. The molecule has 0 radical (unpaired) electrons. The molecule has 0 bridgehead atoms. The molecule has 0 heterocycles. The van der Waals surface area contributed by atoms with Gasteiger partial charge >= 0.3 is 0 Å². The zero-order valence-electron chi connectivity index (χ0n) is 10.7. The van der Waals surface area contributed by atoms with Gasteiger partial charge in [-0.3, -0.25) is 0 Å². The maximum absolute atomic E-state index is 9.13. The summed E-state index contributed by atoms with van der Waals surface area (Å²) in [5, 5.41) is 9.66. The third-order valence-electron chi connectivity index (χ3n) is 2.27. The summed E-state index contributed by atoms with van der Waals surface area (Å²) >= 11 is 5.21. The molecule has 0 aromatic heterocycles. The predicted molar refractivity (Wildman–Crippen MR) is 71.6 cm³/mol. The Kier molecular flexibility index (Phi) is 9.63. The van der Waals surface area contributed by atoms with Crippen molar-refractivity contribution in [1.82, 2.24) is 4.90 Å². The number of aliphatic hydroxyl groups is 1. The quantitative estimate of drug-likeness (QED) is 0.668. The summed E-state index contributed by atoms with van der Waals surface area (Å²) in [5.41, 5.74) is 0. The maximum Gasteiger partial charge on any atom is 0.259 e. The number of thiocarbonyl (C=S) groups is 1. The van der Waals surface area contributed by atoms with Crippen molar-refractivity contribution in [3.8, 4) is 0 Å². The molecule has 0 saturated carbocycles. The largest absolute Gasteiger partial charge is 0.468 e. The lowest BCUT2D eigenvalue weighted by Gasteiger charge is -2.25. The highest BCUT2D eigenvalue weighted by Gasteiger charge is 2.10. The van der Waals surface area contributed by atoms with E-state index in [0.717, 1.165) is 38.8 Å². The van der Waals surface area contributed by atoms with E-state index in [9.17, 15) is 0 Å². The second kappa shape index (κ2) is 9.85. The number of hydrogen-bond acceptors (Lipinski definition) is 3. The Labute approximate surface area is 105 Å². The van der Waals surface area contributed by atoms with Gasteiger partial charge in [0.15, 0.2) is 0 Å². The van der Waals surface area contributed by atoms with E-state index in [2.05, 4.69) is 18.7 Å². The molecule has 1 unspecified atom stereocenters. The van der Waals surface area contributed by atoms with Crippen molar-refractivity contribution in [2.75, 3.05) is 19.7 Å². The highest BCUT2D eigenvalue weighted by atomic mass is 32.1. The monoisotopic (exact) mass is 247 g/mol. The Bertz CT molecular complexity index is 178. The van der Waals surface area contributed by atoms with E-state index >= 15 is 0 Å². The lowest BCUT2D eigenvalue weighted by molar-refractivity contribution is 0.105. The Morgan fingerprint density at radius 1 is 1.25 bits per heavy atom. The van der Waals surface area contributed by atoms with E-state index in [4.69, 9.17) is 22.1 Å². The highest BCUT2D eigenvalue weighted by Crippen LogP contribution is 2.03. The van der Waals surface area contributed by atoms with Crippen molar-refractivity contribution >= 4 is 17.4 Å². The molecule has 0 spiro atoms. The molecule has 0 aliphatic carbocycles. The van der Waals surface area contributed by atoms with Crippen LogP contribution in [0.15, 0.2) is 0 Å². The second-order valence-electron chi connectivity index (χ2n) is 4.12. The standard InChI is InChI=1S/C12H25NO2S/c1-4-6-8-13(9-7-5-2)12(16)15-10-11(3)14/h11,14H,4-10H2,1-3H3. The number of aliphatic hydroxyl groups excluding tert-OH is 1. The van der Waals surface area contributed by atoms with Crippen molar-refractivity contribution in [2.24, 2.45) is 0 Å². The Morgan fingerprint density at radius 2 is 1.75 bits per heavy atom. The van der Waals surface area contributed by atoms with Crippen LogP contribution in [0.2, 0.25) is 0 Å². The van der Waals surface area contributed by atoms with E-state index in [1.807, 2.05) is 0 Å². The molecular weight excluding hydrogens is 222 g/mol. The third-order valence-corrected chi connectivity index (χ3v) is 2.65. The van der Waals surface area contributed by atoms with Crippen LogP contribution in [0.25, 0.3) is 0 Å². The summed E-state index contributed by atoms with van der Waals surface area (Å²) in [6.07, 6.45) is 4.10. The Morgan fingerprint density at radius 3 is 2.12 bits per heavy atom. The normalized spacial score (nSPS) is 12.2. The van der Waals surface area contributed by atoms with Crippen molar-refractivity contribution < 1.29 is 9.84 Å². The summed E-state index contributed by atoms with van der Waals surface area (Å²) in [5.74, 6) is 0. The van der Waals surface area contributed by atoms with E-state index in [0.29, 0.717) is 5.17 Å². The molecule has 0 saturated heterocycles. The molecule has 4 heteroatoms. The molecule has 16 heavy (non-hydrogen) atoms. The van der Waals surface area contributed by atoms with E-state index in [1.165, 1.54) is 0 Å². The summed E-state index contributed by atoms with van der Waals surface area (Å²) in [4.78, 5) is 2.10. The first-order valence-electron chi connectivity index (χ1n) is 6.21. The summed E-state index contributed by atoms with van der Waals surface area (Å²) in [6, 6.07) is 0. The second-order valence-corrected chi connectivity index (χ2v) is 4.47. The van der Waals surface area contributed by atoms with Gasteiger partial charge in [-0.2, -0.15) is 0 Å². The SMILES string of the molecule is CCCCN(CCCC)C(=S)OCC(C)O. The molecule has 0 fully saturated rings. The minimum Gasteiger partial charge on any atom is -0.468 e. The van der Waals surface area contributed by atoms with Crippen LogP contribution in [-0.2, 0) is 4.74 Å². The van der Waals surface area contributed by atoms with Crippen LogP contribution in [0.1, 0.15) is 46.5 Å². The zero-order chi connectivity index (χ0) is 12.4. The first kappa shape index (κ1) is 15.7. The molecule has 3 nitrogen and oxygen atoms in total. The van der Waals surface area contributed by atoms with Gasteiger partial charge in [0.05, 0.1) is 6.10 Å². The molecular formula is C12H25NO2S. The van der Waals surface area contributed by atoms with Gasteiger partial charge in [-0.1, -0.05) is 26.7 Å². The van der Waals surface area contributed by atoms with Crippen LogP contribution in [0.3, 0.4) is 0 Å². The van der Waals surface area contributed by atoms with Crippen LogP contribution < -0.4 is 0 Å². The lowest BCUT2D eigenvalue weighted by atomic mass is 10.3. The van der Waals surface area contributed by atoms with Gasteiger partial charge in [0.25, 0.3) is 5.17 Å². The summed E-state index contributed by atoms with van der Waals surface area (Å²) < 4.78 is 5.37. The fourth-order valence-electron chi connectivity index (χ4n) is 1.28. The van der Waals surface area contributed by atoms with Gasteiger partial charge in [-0.05, 0) is 32.0 Å². The van der Waals surface area contributed by atoms with Crippen molar-refractivity contribution in [3.63, 3.8) is 0 Å². The lowest BCUT2D eigenvalue weighted by Crippen LogP contribution is -2.34. The Balaban J connectivity index is 3.98. The average Bonchev–Trinajstić information content (AvgIpc) is 2.26. The van der Waals surface area contributed by atoms with Gasteiger partial charge in [-0.25, -0.2) is 0 Å². The molecule has 0 aromatic rings. The molecule has 1 atom stereocenters. The van der Waals surface area contributed by atoms with Crippen LogP contribution in [0.5, 0.6) is 0 Å². The molecule has 0 aliphatic heterocycles. The van der Waals surface area contributed by atoms with Crippen molar-refractivity contribution in [3.05, 3.63) is 0 Å². The number of ether oxygens (including phenoxy) is 1. The van der Waals surface area contributed by atoms with Crippen molar-refractivity contribution in [1.29, 1.82) is 0 Å². The number of hydrogen-bond donors (Lipinski definition) is 1. The minimum atomic E-state index is -0.461. The zero-order valence-corrected chi connectivity index (χ0v) is 11.6. The molecule has 0 rings (SSSR count). The van der Waals surface area contributed by atoms with E-state index in [1.54, 1.807) is 6.92 Å². The number of nitrogens with zero attached hydrogens (tertiary/aromatic N) is 1. The molecule has 0 aromatic carbocycles. The van der Waals surface area contributed by atoms with Gasteiger partial charge in [0.2, 0.25) is 0 Å². The highest BCUT2D eigenvalue weighted by molar-refractivity contribution is 7.80. The van der Waals surface area contributed by atoms with Gasteiger partial charge in [0.1, 0.15) is 6.61 Å². The van der Waals surface area contributed by atoms with E-state index in [-0.39, 0.29) is 6.61 Å². The fraction of sp³-hybridized carbons (Fsp3) is 0.917. The summed E-state index contributed by atoms with van der Waals surface area (Å²) in [6.45, 7) is 8.22. The van der Waals surface area contributed by atoms with Gasteiger partial charge < -0.3 is 14.7 Å². The van der Waals surface area contributed by atoms with Gasteiger partial charge in [-0.15, -0.1) is 0 Å². The predicted octanol–water partition coefficient (Wildman–Crippen LogP) is 2.57. The molecule has 1 N–H and O–H groups in total. The first-order valence-corrected chi connectivity index (χ1v) is 6.62. The third kappa shape index (κ3) is 7.88. The topological polar surface area (TPSA) is 32.7 Å². The summed E-state index contributed by atoms with van der Waals surface area (Å²) in [7, 11) is 0. The minimum absolute atomic E-state index is 0.285. The van der Waals surface area contributed by atoms with E-state index < -0.39 is 6.10 Å². The maximum atomic E-state index is 9.13. The van der Waals surface area contributed by atoms with Crippen LogP contribution in [0, 0.1) is 0 Å². The average molecular weight is 247 g/mol. The smallest absolute Gasteiger partial charge is 0.259 e. The van der Waals surface area contributed by atoms with Crippen LogP contribution in [-0.4, -0.2) is 41.0 Å². The van der Waals surface area contributed by atoms with Crippen molar-refractivity contribution in [2.45, 2.75) is 52.6 Å². The molecule has 0 aliphatic rings. The fourth-order valence-corrected chi connectivity index (χ4v) is 1.53. The molecule has 0 amide bonds. The first-order chi connectivity index (χ1) is 7.61. The molecule has 96 valence electrons. The van der Waals surface area contributed by atoms with Crippen LogP contribution >= 0.6 is 12.2 Å².